The lowest BCUT2D eigenvalue weighted by Gasteiger charge is -2.17. The number of hydrogen-bond acceptors (Lipinski definition) is 3. The van der Waals surface area contributed by atoms with E-state index in [-0.39, 0.29) is 11.3 Å². The van der Waals surface area contributed by atoms with Gasteiger partial charge < -0.3 is 0 Å². The number of thiophene rings is 1. The molecule has 0 fully saturated rings. The summed E-state index contributed by atoms with van der Waals surface area (Å²) in [5.74, 6) is 0.00839. The molecule has 1 heterocycles. The summed E-state index contributed by atoms with van der Waals surface area (Å²) in [5, 5.41) is 2.02. The third-order valence-electron chi connectivity index (χ3n) is 1.73. The fourth-order valence-corrected chi connectivity index (χ4v) is 1.46. The molecular weight excluding hydrogens is 196 g/mol. The van der Waals surface area contributed by atoms with Gasteiger partial charge in [-0.25, -0.2) is 5.43 Å². The van der Waals surface area contributed by atoms with E-state index >= 15 is 0 Å². The minimum atomic E-state index is -0.345. The molecule has 1 amide bonds. The van der Waals surface area contributed by atoms with Gasteiger partial charge >= 0.3 is 0 Å². The highest BCUT2D eigenvalue weighted by atomic mass is 32.1. The highest BCUT2D eigenvalue weighted by molar-refractivity contribution is 7.09. The molecule has 1 rings (SSSR count). The Kier molecular flexibility index (Phi) is 3.66. The Morgan fingerprint density at radius 2 is 2.21 bits per heavy atom. The Morgan fingerprint density at radius 1 is 1.50 bits per heavy atom. The van der Waals surface area contributed by atoms with E-state index < -0.39 is 0 Å². The molecule has 0 radical (unpaired) electrons. The third kappa shape index (κ3) is 3.47. The predicted molar refractivity (Wildman–Crippen MR) is 58.8 cm³/mol. The number of carbonyl (C=O) groups excluding carboxylic acids is 1. The van der Waals surface area contributed by atoms with Gasteiger partial charge in [0, 0.05) is 16.8 Å². The molecule has 0 aliphatic heterocycles. The molecule has 0 saturated heterocycles. The van der Waals surface area contributed by atoms with Crippen LogP contribution in [-0.2, 0) is 11.3 Å². The zero-order valence-electron chi connectivity index (χ0n) is 8.76. The first kappa shape index (κ1) is 11.2. The van der Waals surface area contributed by atoms with Crippen molar-refractivity contribution in [1.29, 1.82) is 0 Å². The summed E-state index contributed by atoms with van der Waals surface area (Å²) in [4.78, 5) is 12.6. The van der Waals surface area contributed by atoms with Crippen molar-refractivity contribution in [2.75, 3.05) is 0 Å². The van der Waals surface area contributed by atoms with E-state index in [9.17, 15) is 4.79 Å². The first-order chi connectivity index (χ1) is 6.50. The van der Waals surface area contributed by atoms with Crippen LogP contribution in [0, 0.1) is 5.41 Å². The van der Waals surface area contributed by atoms with Crippen molar-refractivity contribution >= 4 is 17.2 Å². The SMILES string of the molecule is CC(C)(C)C(=O)NNCc1cccs1. The average Bonchev–Trinajstić information content (AvgIpc) is 2.55. The topological polar surface area (TPSA) is 41.1 Å². The largest absolute Gasteiger partial charge is 0.291 e. The summed E-state index contributed by atoms with van der Waals surface area (Å²) in [6.07, 6.45) is 0. The summed E-state index contributed by atoms with van der Waals surface area (Å²) in [7, 11) is 0. The Balaban J connectivity index is 2.26. The van der Waals surface area contributed by atoms with Crippen LogP contribution in [0.1, 0.15) is 25.6 Å². The molecule has 0 aromatic carbocycles. The fourth-order valence-electron chi connectivity index (χ4n) is 0.812. The van der Waals surface area contributed by atoms with Gasteiger partial charge in [0.1, 0.15) is 0 Å². The number of rotatable bonds is 3. The van der Waals surface area contributed by atoms with Gasteiger partial charge in [-0.15, -0.1) is 11.3 Å². The lowest BCUT2D eigenvalue weighted by atomic mass is 9.96. The molecule has 0 atom stereocenters. The second kappa shape index (κ2) is 4.57. The van der Waals surface area contributed by atoms with Crippen LogP contribution in [0.5, 0.6) is 0 Å². The molecule has 78 valence electrons. The van der Waals surface area contributed by atoms with Crippen molar-refractivity contribution in [2.24, 2.45) is 5.41 Å². The summed E-state index contributed by atoms with van der Waals surface area (Å²) < 4.78 is 0. The van der Waals surface area contributed by atoms with Crippen molar-refractivity contribution < 1.29 is 4.79 Å². The maximum atomic E-state index is 11.4. The first-order valence-corrected chi connectivity index (χ1v) is 5.44. The second-order valence-electron chi connectivity index (χ2n) is 4.14. The molecule has 4 heteroatoms. The highest BCUT2D eigenvalue weighted by Crippen LogP contribution is 2.12. The molecule has 2 N–H and O–H groups in total. The zero-order valence-corrected chi connectivity index (χ0v) is 9.57. The standard InChI is InChI=1S/C10H16N2OS/c1-10(2,3)9(13)12-11-7-8-5-4-6-14-8/h4-6,11H,7H2,1-3H3,(H,12,13). The number of amides is 1. The van der Waals surface area contributed by atoms with Gasteiger partial charge in [-0.2, -0.15) is 0 Å². The second-order valence-corrected chi connectivity index (χ2v) is 5.17. The van der Waals surface area contributed by atoms with Gasteiger partial charge in [-0.05, 0) is 11.4 Å². The summed E-state index contributed by atoms with van der Waals surface area (Å²) in [5.41, 5.74) is 5.24. The lowest BCUT2D eigenvalue weighted by molar-refractivity contribution is -0.129. The minimum absolute atomic E-state index is 0.00839. The van der Waals surface area contributed by atoms with Crippen LogP contribution in [0.2, 0.25) is 0 Å². The van der Waals surface area contributed by atoms with Crippen LogP contribution in [0.3, 0.4) is 0 Å². The Hall–Kier alpha value is -0.870. The number of hydrazine groups is 1. The molecule has 0 bridgehead atoms. The van der Waals surface area contributed by atoms with Crippen LogP contribution in [0.4, 0.5) is 0 Å². The van der Waals surface area contributed by atoms with Crippen LogP contribution in [0.25, 0.3) is 0 Å². The Morgan fingerprint density at radius 3 is 2.71 bits per heavy atom. The van der Waals surface area contributed by atoms with E-state index in [2.05, 4.69) is 10.9 Å². The minimum Gasteiger partial charge on any atom is -0.291 e. The van der Waals surface area contributed by atoms with Gasteiger partial charge in [0.25, 0.3) is 0 Å². The van der Waals surface area contributed by atoms with Crippen LogP contribution >= 0.6 is 11.3 Å². The normalized spacial score (nSPS) is 11.4. The first-order valence-electron chi connectivity index (χ1n) is 4.56. The van der Waals surface area contributed by atoms with Crippen molar-refractivity contribution in [3.63, 3.8) is 0 Å². The van der Waals surface area contributed by atoms with Crippen molar-refractivity contribution in [3.8, 4) is 0 Å². The Bertz CT molecular complexity index is 288. The molecule has 0 unspecified atom stereocenters. The number of nitrogens with one attached hydrogen (secondary N) is 2. The summed E-state index contributed by atoms with van der Waals surface area (Å²) >= 11 is 1.67. The van der Waals surface area contributed by atoms with Crippen LogP contribution < -0.4 is 10.9 Å². The van der Waals surface area contributed by atoms with Crippen molar-refractivity contribution in [2.45, 2.75) is 27.3 Å². The fraction of sp³-hybridized carbons (Fsp3) is 0.500. The molecule has 0 aliphatic rings. The third-order valence-corrected chi connectivity index (χ3v) is 2.60. The number of carbonyl (C=O) groups is 1. The quantitative estimate of drug-likeness (QED) is 0.752. The van der Waals surface area contributed by atoms with Crippen LogP contribution in [0.15, 0.2) is 17.5 Å². The van der Waals surface area contributed by atoms with Gasteiger partial charge in [-0.3, -0.25) is 10.2 Å². The molecule has 0 spiro atoms. The van der Waals surface area contributed by atoms with E-state index in [0.29, 0.717) is 6.54 Å². The summed E-state index contributed by atoms with van der Waals surface area (Å²) in [6, 6.07) is 4.02. The van der Waals surface area contributed by atoms with Gasteiger partial charge in [0.05, 0.1) is 0 Å². The van der Waals surface area contributed by atoms with Gasteiger partial charge in [0.15, 0.2) is 0 Å². The predicted octanol–water partition coefficient (Wildman–Crippen LogP) is 1.91. The zero-order chi connectivity index (χ0) is 10.6. The maximum Gasteiger partial charge on any atom is 0.239 e. The van der Waals surface area contributed by atoms with Gasteiger partial charge in [0.2, 0.25) is 5.91 Å². The molecular formula is C10H16N2OS. The van der Waals surface area contributed by atoms with E-state index in [1.165, 1.54) is 4.88 Å². The molecule has 1 aromatic heterocycles. The molecule has 1 aromatic rings. The van der Waals surface area contributed by atoms with Gasteiger partial charge in [-0.1, -0.05) is 26.8 Å². The van der Waals surface area contributed by atoms with E-state index in [0.717, 1.165) is 0 Å². The highest BCUT2D eigenvalue weighted by Gasteiger charge is 2.20. The monoisotopic (exact) mass is 212 g/mol. The molecule has 14 heavy (non-hydrogen) atoms. The van der Waals surface area contributed by atoms with Crippen molar-refractivity contribution in [3.05, 3.63) is 22.4 Å². The number of hydrogen-bond donors (Lipinski definition) is 2. The van der Waals surface area contributed by atoms with E-state index in [4.69, 9.17) is 0 Å². The molecule has 0 aliphatic carbocycles. The molecule has 3 nitrogen and oxygen atoms in total. The van der Waals surface area contributed by atoms with Crippen molar-refractivity contribution in [1.82, 2.24) is 10.9 Å². The van der Waals surface area contributed by atoms with Crippen LogP contribution in [-0.4, -0.2) is 5.91 Å². The summed E-state index contributed by atoms with van der Waals surface area (Å²) in [6.45, 7) is 6.33. The Labute approximate surface area is 88.5 Å². The molecule has 0 saturated carbocycles. The van der Waals surface area contributed by atoms with E-state index in [1.807, 2.05) is 38.3 Å². The maximum absolute atomic E-state index is 11.4. The van der Waals surface area contributed by atoms with E-state index in [1.54, 1.807) is 11.3 Å². The average molecular weight is 212 g/mol. The lowest BCUT2D eigenvalue weighted by Crippen LogP contribution is -2.43. The smallest absolute Gasteiger partial charge is 0.239 e.